The van der Waals surface area contributed by atoms with Crippen molar-refractivity contribution in [3.05, 3.63) is 17.7 Å². The number of unbranched alkanes of at least 4 members (excludes halogenated alkanes) is 2. The lowest BCUT2D eigenvalue weighted by atomic mass is 10.0. The number of fused-ring (bicyclic) bond motifs is 2. The highest BCUT2D eigenvalue weighted by atomic mass is 16.5. The van der Waals surface area contributed by atoms with Crippen LogP contribution in [0.4, 0.5) is 5.69 Å². The Morgan fingerprint density at radius 2 is 2.12 bits per heavy atom. The van der Waals surface area contributed by atoms with Crippen molar-refractivity contribution in [1.82, 2.24) is 4.90 Å². The van der Waals surface area contributed by atoms with E-state index in [4.69, 9.17) is 14.6 Å². The first-order valence-electron chi connectivity index (χ1n) is 9.47. The van der Waals surface area contributed by atoms with Gasteiger partial charge in [-0.3, -0.25) is 9.79 Å². The van der Waals surface area contributed by atoms with Crippen LogP contribution in [0.5, 0.6) is 11.5 Å². The summed E-state index contributed by atoms with van der Waals surface area (Å²) in [5, 5.41) is 8.84. The maximum atomic E-state index is 13.1. The van der Waals surface area contributed by atoms with Crippen LogP contribution in [0.3, 0.4) is 0 Å². The SMILES string of the molecule is COc1cc2c(cc1OCCCCCO)N=CC1CC3(CC3)CN1C2=O. The van der Waals surface area contributed by atoms with Crippen LogP contribution in [0.15, 0.2) is 17.1 Å². The number of amides is 1. The average Bonchev–Trinajstić information content (AvgIpc) is 3.32. The summed E-state index contributed by atoms with van der Waals surface area (Å²) < 4.78 is 11.3. The molecule has 0 bridgehead atoms. The molecular weight excluding hydrogens is 332 g/mol. The van der Waals surface area contributed by atoms with Crippen LogP contribution < -0.4 is 9.47 Å². The van der Waals surface area contributed by atoms with Gasteiger partial charge in [0.25, 0.3) is 5.91 Å². The number of benzene rings is 1. The second kappa shape index (κ2) is 6.91. The second-order valence-corrected chi connectivity index (χ2v) is 7.64. The molecule has 0 aromatic heterocycles. The monoisotopic (exact) mass is 358 g/mol. The van der Waals surface area contributed by atoms with Crippen LogP contribution in [0.1, 0.15) is 48.9 Å². The molecule has 1 aliphatic carbocycles. The molecule has 2 heterocycles. The van der Waals surface area contributed by atoms with Crippen LogP contribution >= 0.6 is 0 Å². The maximum Gasteiger partial charge on any atom is 0.256 e. The molecular formula is C20H26N2O4. The molecule has 1 atom stereocenters. The topological polar surface area (TPSA) is 71.4 Å². The van der Waals surface area contributed by atoms with Gasteiger partial charge in [-0.2, -0.15) is 0 Å². The molecule has 2 fully saturated rings. The van der Waals surface area contributed by atoms with Crippen molar-refractivity contribution in [3.8, 4) is 11.5 Å². The standard InChI is InChI=1S/C20H26N2O4/c1-25-17-9-15-16(10-18(17)26-8-4-2-3-7-23)21-12-14-11-20(5-6-20)13-22(14)19(15)24/h9-10,12,14,23H,2-8,11,13H2,1H3. The van der Waals surface area contributed by atoms with Gasteiger partial charge in [0.05, 0.1) is 31.0 Å². The fourth-order valence-corrected chi connectivity index (χ4v) is 3.99. The lowest BCUT2D eigenvalue weighted by Gasteiger charge is -2.20. The Morgan fingerprint density at radius 3 is 2.85 bits per heavy atom. The number of nitrogens with zero attached hydrogens (tertiary/aromatic N) is 2. The third-order valence-corrected chi connectivity index (χ3v) is 5.72. The van der Waals surface area contributed by atoms with E-state index in [0.29, 0.717) is 34.8 Å². The van der Waals surface area contributed by atoms with Crippen molar-refractivity contribution in [2.24, 2.45) is 10.4 Å². The van der Waals surface area contributed by atoms with Crippen LogP contribution in [-0.2, 0) is 0 Å². The lowest BCUT2D eigenvalue weighted by molar-refractivity contribution is 0.0767. The van der Waals surface area contributed by atoms with Gasteiger partial charge < -0.3 is 19.5 Å². The van der Waals surface area contributed by atoms with E-state index in [9.17, 15) is 4.79 Å². The number of hydrogen-bond acceptors (Lipinski definition) is 5. The number of methoxy groups -OCH3 is 1. The van der Waals surface area contributed by atoms with E-state index in [2.05, 4.69) is 4.99 Å². The Bertz CT molecular complexity index is 727. The van der Waals surface area contributed by atoms with Crippen molar-refractivity contribution < 1.29 is 19.4 Å². The Balaban J connectivity index is 1.55. The van der Waals surface area contributed by atoms with Crippen molar-refractivity contribution in [2.75, 3.05) is 26.9 Å². The van der Waals surface area contributed by atoms with E-state index in [1.807, 2.05) is 17.2 Å². The van der Waals surface area contributed by atoms with Gasteiger partial charge in [0.15, 0.2) is 11.5 Å². The van der Waals surface area contributed by atoms with Gasteiger partial charge in [-0.25, -0.2) is 0 Å². The highest BCUT2D eigenvalue weighted by molar-refractivity contribution is 6.03. The molecule has 4 rings (SSSR count). The number of carbonyl (C=O) groups is 1. The van der Waals surface area contributed by atoms with Gasteiger partial charge in [-0.1, -0.05) is 0 Å². The van der Waals surface area contributed by atoms with Gasteiger partial charge in [0.1, 0.15) is 0 Å². The molecule has 140 valence electrons. The zero-order valence-electron chi connectivity index (χ0n) is 15.2. The molecule has 26 heavy (non-hydrogen) atoms. The van der Waals surface area contributed by atoms with E-state index in [-0.39, 0.29) is 18.6 Å². The molecule has 1 N–H and O–H groups in total. The fourth-order valence-electron chi connectivity index (χ4n) is 3.99. The number of carbonyl (C=O) groups excluding carboxylic acids is 1. The highest BCUT2D eigenvalue weighted by Crippen LogP contribution is 2.55. The fraction of sp³-hybridized carbons (Fsp3) is 0.600. The first-order valence-corrected chi connectivity index (χ1v) is 9.47. The van der Waals surface area contributed by atoms with Crippen LogP contribution in [-0.4, -0.2) is 55.0 Å². The largest absolute Gasteiger partial charge is 0.493 e. The predicted octanol–water partition coefficient (Wildman–Crippen LogP) is 2.95. The summed E-state index contributed by atoms with van der Waals surface area (Å²) in [7, 11) is 1.59. The van der Waals surface area contributed by atoms with Crippen LogP contribution in [0.2, 0.25) is 0 Å². The number of rotatable bonds is 7. The summed E-state index contributed by atoms with van der Waals surface area (Å²) in [5.74, 6) is 1.22. The Hall–Kier alpha value is -2.08. The number of aliphatic imine (C=N–C) groups is 1. The number of hydrogen-bond donors (Lipinski definition) is 1. The predicted molar refractivity (Wildman–Crippen MR) is 98.7 cm³/mol. The Labute approximate surface area is 153 Å². The maximum absolute atomic E-state index is 13.1. The number of aliphatic hydroxyl groups is 1. The summed E-state index contributed by atoms with van der Waals surface area (Å²) in [6, 6.07) is 3.67. The van der Waals surface area contributed by atoms with E-state index in [1.54, 1.807) is 13.2 Å². The molecule has 3 aliphatic rings. The summed E-state index contributed by atoms with van der Waals surface area (Å²) in [6.07, 6.45) is 7.96. The highest BCUT2D eigenvalue weighted by Gasteiger charge is 2.53. The van der Waals surface area contributed by atoms with Gasteiger partial charge in [0.2, 0.25) is 0 Å². The molecule has 6 heteroatoms. The minimum Gasteiger partial charge on any atom is -0.493 e. The lowest BCUT2D eigenvalue weighted by Crippen LogP contribution is -2.35. The molecule has 1 saturated heterocycles. The molecule has 1 unspecified atom stereocenters. The van der Waals surface area contributed by atoms with Crippen LogP contribution in [0, 0.1) is 5.41 Å². The van der Waals surface area contributed by atoms with Crippen molar-refractivity contribution in [1.29, 1.82) is 0 Å². The molecule has 2 aliphatic heterocycles. The average molecular weight is 358 g/mol. The van der Waals surface area contributed by atoms with E-state index < -0.39 is 0 Å². The quantitative estimate of drug-likeness (QED) is 0.761. The summed E-state index contributed by atoms with van der Waals surface area (Å²) in [5.41, 5.74) is 1.59. The minimum atomic E-state index is 0.0408. The molecule has 6 nitrogen and oxygen atoms in total. The number of aliphatic hydroxyl groups excluding tert-OH is 1. The number of ether oxygens (including phenoxy) is 2. The van der Waals surface area contributed by atoms with E-state index >= 15 is 0 Å². The zero-order valence-corrected chi connectivity index (χ0v) is 15.2. The second-order valence-electron chi connectivity index (χ2n) is 7.64. The van der Waals surface area contributed by atoms with Gasteiger partial charge in [-0.15, -0.1) is 0 Å². The molecule has 1 saturated carbocycles. The summed E-state index contributed by atoms with van der Waals surface area (Å²) in [4.78, 5) is 19.7. The molecule has 1 spiro atoms. The van der Waals surface area contributed by atoms with E-state index in [0.717, 1.165) is 32.2 Å². The molecule has 1 amide bonds. The normalized spacial score (nSPS) is 22.2. The third-order valence-electron chi connectivity index (χ3n) is 5.72. The third kappa shape index (κ3) is 3.18. The van der Waals surface area contributed by atoms with Crippen molar-refractivity contribution in [2.45, 2.75) is 44.6 Å². The van der Waals surface area contributed by atoms with E-state index in [1.165, 1.54) is 12.8 Å². The van der Waals surface area contributed by atoms with Crippen molar-refractivity contribution >= 4 is 17.8 Å². The van der Waals surface area contributed by atoms with Gasteiger partial charge in [-0.05, 0) is 50.0 Å². The van der Waals surface area contributed by atoms with Crippen LogP contribution in [0.25, 0.3) is 0 Å². The molecule has 0 radical (unpaired) electrons. The Morgan fingerprint density at radius 1 is 1.27 bits per heavy atom. The summed E-state index contributed by atoms with van der Waals surface area (Å²) >= 11 is 0. The zero-order chi connectivity index (χ0) is 18.1. The minimum absolute atomic E-state index is 0.0408. The first kappa shape index (κ1) is 17.3. The van der Waals surface area contributed by atoms with Gasteiger partial charge >= 0.3 is 0 Å². The summed E-state index contributed by atoms with van der Waals surface area (Å²) in [6.45, 7) is 1.59. The molecule has 1 aromatic rings. The smallest absolute Gasteiger partial charge is 0.256 e. The molecule has 1 aromatic carbocycles. The Kier molecular flexibility index (Phi) is 4.61. The first-order chi connectivity index (χ1) is 12.7. The van der Waals surface area contributed by atoms with Gasteiger partial charge in [0, 0.05) is 25.4 Å². The van der Waals surface area contributed by atoms with Crippen molar-refractivity contribution in [3.63, 3.8) is 0 Å².